The van der Waals surface area contributed by atoms with Crippen molar-refractivity contribution in [3.05, 3.63) is 35.4 Å². The van der Waals surface area contributed by atoms with E-state index in [1.54, 1.807) is 0 Å². The van der Waals surface area contributed by atoms with Gasteiger partial charge in [0.1, 0.15) is 0 Å². The van der Waals surface area contributed by atoms with Crippen LogP contribution < -0.4 is 5.32 Å². The number of aliphatic hydroxyl groups is 1. The maximum Gasteiger partial charge on any atom is 0.0692 e. The maximum atomic E-state index is 10.1. The molecular weight excluding hydrogens is 246 g/mol. The predicted molar refractivity (Wildman–Crippen MR) is 86.9 cm³/mol. The second kappa shape index (κ2) is 7.80. The first-order valence-electron chi connectivity index (χ1n) is 7.86. The number of benzene rings is 1. The van der Waals surface area contributed by atoms with E-state index >= 15 is 0 Å². The fourth-order valence-electron chi connectivity index (χ4n) is 2.49. The van der Waals surface area contributed by atoms with E-state index in [9.17, 15) is 5.11 Å². The van der Waals surface area contributed by atoms with E-state index in [0.29, 0.717) is 12.5 Å². The van der Waals surface area contributed by atoms with E-state index in [1.165, 1.54) is 11.1 Å². The van der Waals surface area contributed by atoms with Crippen LogP contribution in [-0.4, -0.2) is 17.8 Å². The topological polar surface area (TPSA) is 32.3 Å². The van der Waals surface area contributed by atoms with Crippen LogP contribution in [-0.2, 0) is 12.0 Å². The number of nitrogens with one attached hydrogen (secondary N) is 1. The van der Waals surface area contributed by atoms with Gasteiger partial charge >= 0.3 is 0 Å². The molecule has 0 radical (unpaired) electrons. The van der Waals surface area contributed by atoms with Gasteiger partial charge in [-0.1, -0.05) is 71.7 Å². The molecule has 0 fully saturated rings. The van der Waals surface area contributed by atoms with Gasteiger partial charge in [0.05, 0.1) is 6.10 Å². The zero-order chi connectivity index (χ0) is 15.2. The molecule has 1 unspecified atom stereocenters. The van der Waals surface area contributed by atoms with Crippen molar-refractivity contribution in [1.29, 1.82) is 0 Å². The minimum atomic E-state index is -0.237. The lowest BCUT2D eigenvalue weighted by Crippen LogP contribution is -2.32. The highest BCUT2D eigenvalue weighted by Gasteiger charge is 2.15. The Morgan fingerprint density at radius 2 is 1.60 bits per heavy atom. The SMILES string of the molecule is CCC(CC)C(O)CNCc1ccc(C(C)(C)C)cc1. The van der Waals surface area contributed by atoms with Crippen LogP contribution in [0.3, 0.4) is 0 Å². The lowest BCUT2D eigenvalue weighted by molar-refractivity contribution is 0.101. The predicted octanol–water partition coefficient (Wildman–Crippen LogP) is 3.87. The fourth-order valence-corrected chi connectivity index (χ4v) is 2.49. The van der Waals surface area contributed by atoms with Crippen LogP contribution in [0.25, 0.3) is 0 Å². The molecule has 1 aromatic carbocycles. The van der Waals surface area contributed by atoms with E-state index in [1.807, 2.05) is 0 Å². The first-order chi connectivity index (χ1) is 9.38. The molecule has 0 spiro atoms. The molecule has 0 amide bonds. The van der Waals surface area contributed by atoms with Gasteiger partial charge in [-0.25, -0.2) is 0 Å². The molecule has 0 bridgehead atoms. The van der Waals surface area contributed by atoms with Gasteiger partial charge in [-0.15, -0.1) is 0 Å². The van der Waals surface area contributed by atoms with Crippen LogP contribution in [0.2, 0.25) is 0 Å². The van der Waals surface area contributed by atoms with Gasteiger partial charge in [-0.3, -0.25) is 0 Å². The molecule has 2 N–H and O–H groups in total. The zero-order valence-corrected chi connectivity index (χ0v) is 13.7. The molecule has 0 aliphatic rings. The standard InChI is InChI=1S/C18H31NO/c1-6-15(7-2)17(20)13-19-12-14-8-10-16(11-9-14)18(3,4)5/h8-11,15,17,19-20H,6-7,12-13H2,1-5H3. The first kappa shape index (κ1) is 17.2. The summed E-state index contributed by atoms with van der Waals surface area (Å²) in [4.78, 5) is 0. The summed E-state index contributed by atoms with van der Waals surface area (Å²) in [7, 11) is 0. The monoisotopic (exact) mass is 277 g/mol. The molecule has 0 aromatic heterocycles. The van der Waals surface area contributed by atoms with Crippen molar-refractivity contribution in [3.8, 4) is 0 Å². The fraction of sp³-hybridized carbons (Fsp3) is 0.667. The molecule has 1 rings (SSSR count). The highest BCUT2D eigenvalue weighted by Crippen LogP contribution is 2.22. The van der Waals surface area contributed by atoms with Crippen molar-refractivity contribution in [2.45, 2.75) is 65.5 Å². The molecule has 1 atom stereocenters. The van der Waals surface area contributed by atoms with Gasteiger partial charge < -0.3 is 10.4 Å². The summed E-state index contributed by atoms with van der Waals surface area (Å²) in [5.41, 5.74) is 2.84. The highest BCUT2D eigenvalue weighted by atomic mass is 16.3. The number of hydrogen-bond donors (Lipinski definition) is 2. The smallest absolute Gasteiger partial charge is 0.0692 e. The molecule has 0 saturated heterocycles. The number of hydrogen-bond acceptors (Lipinski definition) is 2. The summed E-state index contributed by atoms with van der Waals surface area (Å²) >= 11 is 0. The third-order valence-corrected chi connectivity index (χ3v) is 4.10. The molecule has 0 saturated carbocycles. The van der Waals surface area contributed by atoms with Crippen LogP contribution in [0.5, 0.6) is 0 Å². The van der Waals surface area contributed by atoms with Gasteiger partial charge in [0, 0.05) is 13.1 Å². The van der Waals surface area contributed by atoms with Crippen LogP contribution in [0, 0.1) is 5.92 Å². The van der Waals surface area contributed by atoms with Crippen molar-refractivity contribution in [3.63, 3.8) is 0 Å². The van der Waals surface area contributed by atoms with Crippen LogP contribution in [0.15, 0.2) is 24.3 Å². The van der Waals surface area contributed by atoms with E-state index in [4.69, 9.17) is 0 Å². The lowest BCUT2D eigenvalue weighted by Gasteiger charge is -2.21. The van der Waals surface area contributed by atoms with Crippen molar-refractivity contribution < 1.29 is 5.11 Å². The minimum absolute atomic E-state index is 0.206. The van der Waals surface area contributed by atoms with Gasteiger partial charge in [-0.05, 0) is 22.5 Å². The summed E-state index contributed by atoms with van der Waals surface area (Å²) in [6.07, 6.45) is 1.85. The average Bonchev–Trinajstić information content (AvgIpc) is 2.39. The average molecular weight is 277 g/mol. The number of rotatable bonds is 7. The Bertz CT molecular complexity index is 373. The van der Waals surface area contributed by atoms with Gasteiger partial charge in [-0.2, -0.15) is 0 Å². The second-order valence-electron chi connectivity index (χ2n) is 6.72. The summed E-state index contributed by atoms with van der Waals surface area (Å²) in [6, 6.07) is 8.76. The van der Waals surface area contributed by atoms with Crippen molar-refractivity contribution in [2.24, 2.45) is 5.92 Å². The molecule has 0 aliphatic carbocycles. The van der Waals surface area contributed by atoms with Gasteiger partial charge in [0.15, 0.2) is 0 Å². The van der Waals surface area contributed by atoms with Crippen LogP contribution in [0.4, 0.5) is 0 Å². The molecule has 1 aromatic rings. The lowest BCUT2D eigenvalue weighted by atomic mass is 9.87. The Morgan fingerprint density at radius 3 is 2.05 bits per heavy atom. The third-order valence-electron chi connectivity index (χ3n) is 4.10. The van der Waals surface area contributed by atoms with E-state index in [-0.39, 0.29) is 11.5 Å². The van der Waals surface area contributed by atoms with Crippen LogP contribution in [0.1, 0.15) is 58.6 Å². The van der Waals surface area contributed by atoms with Crippen LogP contribution >= 0.6 is 0 Å². The molecule has 2 heteroatoms. The quantitative estimate of drug-likeness (QED) is 0.793. The first-order valence-corrected chi connectivity index (χ1v) is 7.86. The summed E-state index contributed by atoms with van der Waals surface area (Å²) in [5.74, 6) is 0.408. The van der Waals surface area contributed by atoms with Gasteiger partial charge in [0.2, 0.25) is 0 Å². The van der Waals surface area contributed by atoms with E-state index < -0.39 is 0 Å². The highest BCUT2D eigenvalue weighted by molar-refractivity contribution is 5.27. The maximum absolute atomic E-state index is 10.1. The Morgan fingerprint density at radius 1 is 1.05 bits per heavy atom. The molecule has 114 valence electrons. The van der Waals surface area contributed by atoms with Crippen molar-refractivity contribution >= 4 is 0 Å². The Balaban J connectivity index is 2.43. The molecule has 2 nitrogen and oxygen atoms in total. The molecule has 20 heavy (non-hydrogen) atoms. The van der Waals surface area contributed by atoms with Gasteiger partial charge in [0.25, 0.3) is 0 Å². The number of aliphatic hydroxyl groups excluding tert-OH is 1. The minimum Gasteiger partial charge on any atom is -0.392 e. The summed E-state index contributed by atoms with van der Waals surface area (Å²) < 4.78 is 0. The third kappa shape index (κ3) is 5.26. The second-order valence-corrected chi connectivity index (χ2v) is 6.72. The van der Waals surface area contributed by atoms with E-state index in [2.05, 4.69) is 64.2 Å². The molecule has 0 aliphatic heterocycles. The summed E-state index contributed by atoms with van der Waals surface area (Å²) in [5, 5.41) is 13.4. The molecular formula is C18H31NO. The Hall–Kier alpha value is -0.860. The Kier molecular flexibility index (Phi) is 6.70. The largest absolute Gasteiger partial charge is 0.392 e. The van der Waals surface area contributed by atoms with Crippen molar-refractivity contribution in [2.75, 3.05) is 6.54 Å². The molecule has 0 heterocycles. The van der Waals surface area contributed by atoms with Crippen molar-refractivity contribution in [1.82, 2.24) is 5.32 Å². The normalized spacial score (nSPS) is 13.8. The zero-order valence-electron chi connectivity index (χ0n) is 13.7. The summed E-state index contributed by atoms with van der Waals surface area (Å²) in [6.45, 7) is 12.5. The Labute approximate surface area is 124 Å². The van der Waals surface area contributed by atoms with E-state index in [0.717, 1.165) is 19.4 Å².